The number of nitrogens with one attached hydrogen (secondary N) is 1. The second-order valence-corrected chi connectivity index (χ2v) is 9.60. The van der Waals surface area contributed by atoms with E-state index in [1.807, 2.05) is 37.3 Å². The third-order valence-corrected chi connectivity index (χ3v) is 6.80. The molecule has 0 fully saturated rings. The Hall–Kier alpha value is -2.23. The molecule has 1 N–H and O–H groups in total. The molecule has 3 rings (SSSR count). The average molecular weight is 434 g/mol. The van der Waals surface area contributed by atoms with Gasteiger partial charge in [0.2, 0.25) is 5.91 Å². The molecule has 1 aromatic carbocycles. The van der Waals surface area contributed by atoms with Crippen LogP contribution in [-0.4, -0.2) is 33.9 Å². The maximum absolute atomic E-state index is 12.7. The predicted octanol–water partition coefficient (Wildman–Crippen LogP) is 4.87. The van der Waals surface area contributed by atoms with E-state index in [1.165, 1.54) is 34.4 Å². The van der Waals surface area contributed by atoms with Gasteiger partial charge < -0.3 is 10.1 Å². The van der Waals surface area contributed by atoms with Crippen LogP contribution in [0, 0.1) is 6.92 Å². The minimum Gasteiger partial charge on any atom is -0.462 e. The third kappa shape index (κ3) is 4.98. The van der Waals surface area contributed by atoms with Gasteiger partial charge in [0.05, 0.1) is 17.4 Å². The molecule has 28 heavy (non-hydrogen) atoms. The first-order chi connectivity index (χ1) is 13.5. The molecule has 146 valence electrons. The standard InChI is InChI=1S/C19H19N3O3S3/c1-4-25-18(24)14-10-15(13-8-6-5-7-9-13)28-17(14)20-16(23)11(2)26-19-22-21-12(3)27-19/h5-11H,4H2,1-3H3,(H,20,23)/t11-/m0/s1. The van der Waals surface area contributed by atoms with Crippen molar-refractivity contribution >= 4 is 51.3 Å². The lowest BCUT2D eigenvalue weighted by molar-refractivity contribution is -0.115. The summed E-state index contributed by atoms with van der Waals surface area (Å²) in [7, 11) is 0. The summed E-state index contributed by atoms with van der Waals surface area (Å²) in [4.78, 5) is 25.9. The highest BCUT2D eigenvalue weighted by molar-refractivity contribution is 8.02. The van der Waals surface area contributed by atoms with E-state index < -0.39 is 5.97 Å². The Balaban J connectivity index is 1.81. The lowest BCUT2D eigenvalue weighted by Gasteiger charge is -2.10. The van der Waals surface area contributed by atoms with Crippen LogP contribution in [0.25, 0.3) is 10.4 Å². The van der Waals surface area contributed by atoms with E-state index in [2.05, 4.69) is 15.5 Å². The second-order valence-electron chi connectivity index (χ2n) is 5.78. The number of esters is 1. The van der Waals surface area contributed by atoms with Crippen molar-refractivity contribution in [2.75, 3.05) is 11.9 Å². The maximum atomic E-state index is 12.7. The number of benzene rings is 1. The Bertz CT molecular complexity index is 969. The molecular formula is C19H19N3O3S3. The summed E-state index contributed by atoms with van der Waals surface area (Å²) in [5.41, 5.74) is 1.34. The normalized spacial score (nSPS) is 11.8. The van der Waals surface area contributed by atoms with Crippen molar-refractivity contribution < 1.29 is 14.3 Å². The van der Waals surface area contributed by atoms with E-state index in [1.54, 1.807) is 19.9 Å². The van der Waals surface area contributed by atoms with Crippen molar-refractivity contribution in [3.8, 4) is 10.4 Å². The van der Waals surface area contributed by atoms with Gasteiger partial charge in [-0.25, -0.2) is 4.79 Å². The topological polar surface area (TPSA) is 81.2 Å². The first kappa shape index (κ1) is 20.5. The fourth-order valence-corrected chi connectivity index (χ4v) is 5.35. The van der Waals surface area contributed by atoms with Gasteiger partial charge in [-0.2, -0.15) is 0 Å². The Labute approximate surface area is 175 Å². The van der Waals surface area contributed by atoms with Gasteiger partial charge in [0.15, 0.2) is 4.34 Å². The molecule has 1 amide bonds. The third-order valence-electron chi connectivity index (χ3n) is 3.68. The molecule has 6 nitrogen and oxygen atoms in total. The fourth-order valence-electron chi connectivity index (χ4n) is 2.33. The van der Waals surface area contributed by atoms with Crippen molar-refractivity contribution in [2.45, 2.75) is 30.4 Å². The van der Waals surface area contributed by atoms with Crippen LogP contribution in [0.1, 0.15) is 29.2 Å². The summed E-state index contributed by atoms with van der Waals surface area (Å²) < 4.78 is 5.89. The zero-order valence-electron chi connectivity index (χ0n) is 15.6. The van der Waals surface area contributed by atoms with Gasteiger partial charge in [-0.15, -0.1) is 21.5 Å². The highest BCUT2D eigenvalue weighted by Gasteiger charge is 2.23. The van der Waals surface area contributed by atoms with Crippen LogP contribution >= 0.6 is 34.4 Å². The summed E-state index contributed by atoms with van der Waals surface area (Å²) in [6, 6.07) is 11.5. The highest BCUT2D eigenvalue weighted by atomic mass is 32.2. The first-order valence-corrected chi connectivity index (χ1v) is 11.1. The van der Waals surface area contributed by atoms with Crippen LogP contribution in [0.4, 0.5) is 5.00 Å². The molecule has 0 spiro atoms. The van der Waals surface area contributed by atoms with Gasteiger partial charge in [-0.3, -0.25) is 4.79 Å². The number of aromatic nitrogens is 2. The number of hydrogen-bond donors (Lipinski definition) is 1. The van der Waals surface area contributed by atoms with Gasteiger partial charge in [-0.1, -0.05) is 53.4 Å². The van der Waals surface area contributed by atoms with Crippen molar-refractivity contribution in [1.82, 2.24) is 10.2 Å². The quantitative estimate of drug-likeness (QED) is 0.423. The molecule has 2 aromatic heterocycles. The number of ether oxygens (including phenoxy) is 1. The van der Waals surface area contributed by atoms with Gasteiger partial charge >= 0.3 is 5.97 Å². The largest absolute Gasteiger partial charge is 0.462 e. The summed E-state index contributed by atoms with van der Waals surface area (Å²) in [6.07, 6.45) is 0. The number of thiophene rings is 1. The number of amides is 1. The number of anilines is 1. The summed E-state index contributed by atoms with van der Waals surface area (Å²) >= 11 is 4.14. The molecular weight excluding hydrogens is 414 g/mol. The summed E-state index contributed by atoms with van der Waals surface area (Å²) in [5.74, 6) is -0.652. The number of thioether (sulfide) groups is 1. The van der Waals surface area contributed by atoms with Crippen LogP contribution in [0.3, 0.4) is 0 Å². The van der Waals surface area contributed by atoms with Crippen LogP contribution in [0.5, 0.6) is 0 Å². The Kier molecular flexibility index (Phi) is 6.82. The van der Waals surface area contributed by atoms with E-state index >= 15 is 0 Å². The van der Waals surface area contributed by atoms with Gasteiger partial charge in [-0.05, 0) is 32.4 Å². The summed E-state index contributed by atoms with van der Waals surface area (Å²) in [6.45, 7) is 5.69. The summed E-state index contributed by atoms with van der Waals surface area (Å²) in [5, 5.41) is 11.8. The lowest BCUT2D eigenvalue weighted by atomic mass is 10.1. The van der Waals surface area contributed by atoms with E-state index in [0.29, 0.717) is 10.6 Å². The van der Waals surface area contributed by atoms with E-state index in [0.717, 1.165) is 19.8 Å². The zero-order valence-corrected chi connectivity index (χ0v) is 18.0. The molecule has 0 unspecified atom stereocenters. The van der Waals surface area contributed by atoms with E-state index in [9.17, 15) is 9.59 Å². The predicted molar refractivity (Wildman–Crippen MR) is 114 cm³/mol. The molecule has 0 saturated carbocycles. The fraction of sp³-hybridized carbons (Fsp3) is 0.263. The SMILES string of the molecule is CCOC(=O)c1cc(-c2ccccc2)sc1NC(=O)[C@H](C)Sc1nnc(C)s1. The second kappa shape index (κ2) is 9.31. The van der Waals surface area contributed by atoms with Crippen LogP contribution in [0.2, 0.25) is 0 Å². The number of rotatable bonds is 7. The number of aryl methyl sites for hydroxylation is 1. The molecule has 0 aliphatic rings. The smallest absolute Gasteiger partial charge is 0.341 e. The molecule has 9 heteroatoms. The molecule has 0 aliphatic carbocycles. The molecule has 0 saturated heterocycles. The Morgan fingerprint density at radius 1 is 1.21 bits per heavy atom. The van der Waals surface area contributed by atoms with Crippen molar-refractivity contribution in [3.63, 3.8) is 0 Å². The molecule has 0 aliphatic heterocycles. The number of hydrogen-bond acceptors (Lipinski definition) is 8. The highest BCUT2D eigenvalue weighted by Crippen LogP contribution is 2.36. The molecule has 0 radical (unpaired) electrons. The van der Waals surface area contributed by atoms with Gasteiger partial charge in [0.25, 0.3) is 0 Å². The first-order valence-electron chi connectivity index (χ1n) is 8.62. The lowest BCUT2D eigenvalue weighted by Crippen LogP contribution is -2.23. The van der Waals surface area contributed by atoms with Crippen LogP contribution in [-0.2, 0) is 9.53 Å². The monoisotopic (exact) mass is 433 g/mol. The average Bonchev–Trinajstić information content (AvgIpc) is 3.29. The van der Waals surface area contributed by atoms with Crippen molar-refractivity contribution in [2.24, 2.45) is 0 Å². The number of carbonyl (C=O) groups is 2. The van der Waals surface area contributed by atoms with Crippen molar-refractivity contribution in [1.29, 1.82) is 0 Å². The van der Waals surface area contributed by atoms with Crippen LogP contribution in [0.15, 0.2) is 40.7 Å². The minimum absolute atomic E-state index is 0.204. The van der Waals surface area contributed by atoms with E-state index in [-0.39, 0.29) is 17.8 Å². The molecule has 0 bridgehead atoms. The Morgan fingerprint density at radius 3 is 2.61 bits per heavy atom. The van der Waals surface area contributed by atoms with E-state index in [4.69, 9.17) is 4.74 Å². The van der Waals surface area contributed by atoms with Crippen molar-refractivity contribution in [3.05, 3.63) is 47.0 Å². The number of nitrogens with zero attached hydrogens (tertiary/aromatic N) is 2. The van der Waals surface area contributed by atoms with Crippen LogP contribution < -0.4 is 5.32 Å². The zero-order chi connectivity index (χ0) is 20.1. The maximum Gasteiger partial charge on any atom is 0.341 e. The van der Waals surface area contributed by atoms with Gasteiger partial charge in [0.1, 0.15) is 10.0 Å². The number of carbonyl (C=O) groups excluding carboxylic acids is 2. The van der Waals surface area contributed by atoms with Gasteiger partial charge in [0, 0.05) is 4.88 Å². The molecule has 1 atom stereocenters. The Morgan fingerprint density at radius 2 is 1.96 bits per heavy atom. The molecule has 3 aromatic rings. The molecule has 2 heterocycles. The minimum atomic E-state index is -0.448.